The molecule has 0 fully saturated rings. The summed E-state index contributed by atoms with van der Waals surface area (Å²) in [6.45, 7) is 0. The van der Waals surface area contributed by atoms with Crippen LogP contribution in [-0.4, -0.2) is 21.7 Å². The van der Waals surface area contributed by atoms with E-state index in [-0.39, 0.29) is 69.2 Å². The SMILES string of the molecule is [2H]c1cc([2H])c2c(c1[2H])c1c([2H])c([2H])cc([2H])c1n2-c1ccccc1B(O)O. The Labute approximate surface area is 136 Å². The van der Waals surface area contributed by atoms with E-state index in [0.29, 0.717) is 0 Å². The van der Waals surface area contributed by atoms with Crippen molar-refractivity contribution in [1.29, 1.82) is 0 Å². The Morgan fingerprint density at radius 1 is 0.818 bits per heavy atom. The van der Waals surface area contributed by atoms with Crippen molar-refractivity contribution in [2.24, 2.45) is 0 Å². The smallest absolute Gasteiger partial charge is 0.423 e. The molecule has 0 unspecified atom stereocenters. The van der Waals surface area contributed by atoms with Crippen molar-refractivity contribution >= 4 is 34.4 Å². The lowest BCUT2D eigenvalue weighted by Crippen LogP contribution is -2.33. The van der Waals surface area contributed by atoms with Crippen molar-refractivity contribution in [3.8, 4) is 5.69 Å². The zero-order valence-corrected chi connectivity index (χ0v) is 11.4. The Bertz CT molecular complexity index is 1200. The van der Waals surface area contributed by atoms with Crippen molar-refractivity contribution in [2.45, 2.75) is 0 Å². The molecule has 106 valence electrons. The van der Waals surface area contributed by atoms with Gasteiger partial charge < -0.3 is 14.6 Å². The topological polar surface area (TPSA) is 45.4 Å². The number of para-hydroxylation sites is 3. The summed E-state index contributed by atoms with van der Waals surface area (Å²) >= 11 is 0. The molecule has 0 spiro atoms. The highest BCUT2D eigenvalue weighted by Crippen LogP contribution is 2.31. The highest BCUT2D eigenvalue weighted by molar-refractivity contribution is 6.60. The maximum atomic E-state index is 9.80. The van der Waals surface area contributed by atoms with Crippen LogP contribution < -0.4 is 5.46 Å². The van der Waals surface area contributed by atoms with E-state index in [4.69, 9.17) is 8.22 Å². The molecular formula is C18H14BNO2. The molecule has 1 aromatic heterocycles. The van der Waals surface area contributed by atoms with Gasteiger partial charge in [-0.1, -0.05) is 54.5 Å². The molecule has 0 aliphatic rings. The summed E-state index contributed by atoms with van der Waals surface area (Å²) < 4.78 is 50.8. The van der Waals surface area contributed by atoms with Crippen LogP contribution in [0.1, 0.15) is 8.22 Å². The Morgan fingerprint density at radius 3 is 2.00 bits per heavy atom. The zero-order chi connectivity index (χ0) is 20.3. The van der Waals surface area contributed by atoms with Crippen molar-refractivity contribution in [3.05, 3.63) is 72.7 Å². The van der Waals surface area contributed by atoms with E-state index in [1.807, 2.05) is 0 Å². The molecule has 3 aromatic carbocycles. The largest absolute Gasteiger partial charge is 0.490 e. The third-order valence-corrected chi connectivity index (χ3v) is 3.58. The monoisotopic (exact) mass is 293 g/mol. The van der Waals surface area contributed by atoms with Crippen molar-refractivity contribution in [1.82, 2.24) is 4.57 Å². The fourth-order valence-corrected chi connectivity index (χ4v) is 2.66. The van der Waals surface area contributed by atoms with Gasteiger partial charge in [0.05, 0.1) is 19.3 Å². The number of rotatable bonds is 2. The van der Waals surface area contributed by atoms with E-state index < -0.39 is 7.12 Å². The van der Waals surface area contributed by atoms with Gasteiger partial charge in [0.25, 0.3) is 0 Å². The first kappa shape index (κ1) is 8.18. The van der Waals surface area contributed by atoms with E-state index in [9.17, 15) is 10.0 Å². The van der Waals surface area contributed by atoms with Gasteiger partial charge in [-0.3, -0.25) is 0 Å². The van der Waals surface area contributed by atoms with E-state index in [1.54, 1.807) is 18.2 Å². The van der Waals surface area contributed by atoms with Gasteiger partial charge in [-0.2, -0.15) is 0 Å². The van der Waals surface area contributed by atoms with Gasteiger partial charge in [0.2, 0.25) is 0 Å². The minimum Gasteiger partial charge on any atom is -0.423 e. The van der Waals surface area contributed by atoms with E-state index in [0.717, 1.165) is 0 Å². The number of nitrogens with zero attached hydrogens (tertiary/aromatic N) is 1. The van der Waals surface area contributed by atoms with Crippen LogP contribution in [0.15, 0.2) is 72.7 Å². The van der Waals surface area contributed by atoms with Gasteiger partial charge in [0.15, 0.2) is 0 Å². The lowest BCUT2D eigenvalue weighted by molar-refractivity contribution is 0.425. The summed E-state index contributed by atoms with van der Waals surface area (Å²) in [4.78, 5) is 0. The van der Waals surface area contributed by atoms with Crippen LogP contribution >= 0.6 is 0 Å². The average Bonchev–Trinajstić information content (AvgIpc) is 3.01. The summed E-state index contributed by atoms with van der Waals surface area (Å²) in [6.07, 6.45) is 0. The summed E-state index contributed by atoms with van der Waals surface area (Å²) in [6, 6.07) is 7.74. The molecule has 1 heterocycles. The lowest BCUT2D eigenvalue weighted by atomic mass is 9.79. The summed E-state index contributed by atoms with van der Waals surface area (Å²) in [7, 11) is -1.82. The number of hydrogen-bond acceptors (Lipinski definition) is 2. The minimum absolute atomic E-state index is 0.0974. The second-order valence-corrected chi connectivity index (χ2v) is 4.83. The zero-order valence-electron chi connectivity index (χ0n) is 17.4. The second-order valence-electron chi connectivity index (χ2n) is 4.83. The molecule has 2 N–H and O–H groups in total. The summed E-state index contributed by atoms with van der Waals surface area (Å²) in [5.41, 5.74) is 0.769. The number of aromatic nitrogens is 1. The Balaban J connectivity index is 2.37. The molecule has 4 aromatic rings. The highest BCUT2D eigenvalue weighted by atomic mass is 16.4. The lowest BCUT2D eigenvalue weighted by Gasteiger charge is -2.12. The van der Waals surface area contributed by atoms with Crippen molar-refractivity contribution in [3.63, 3.8) is 0 Å². The van der Waals surface area contributed by atoms with Gasteiger partial charge in [-0.15, -0.1) is 0 Å². The molecule has 0 radical (unpaired) electrons. The minimum atomic E-state index is -1.82. The first-order chi connectivity index (χ1) is 13.2. The molecule has 0 aliphatic carbocycles. The number of benzene rings is 3. The van der Waals surface area contributed by atoms with Crippen LogP contribution in [0.3, 0.4) is 0 Å². The first-order valence-electron chi connectivity index (χ1n) is 9.71. The average molecular weight is 293 g/mol. The molecule has 0 saturated carbocycles. The van der Waals surface area contributed by atoms with Crippen molar-refractivity contribution in [2.75, 3.05) is 0 Å². The van der Waals surface area contributed by atoms with Crippen LogP contribution in [0.4, 0.5) is 0 Å². The quantitative estimate of drug-likeness (QED) is 0.558. The molecule has 4 rings (SSSR count). The standard InChI is InChI=1S/C18H14BNO2/c21-19(22)15-9-3-6-12-18(15)20-16-10-4-1-7-13(16)14-8-2-5-11-17(14)20/h1-12,21-22H/i1D,2D,7D,8D,10D,11D. The molecule has 22 heavy (non-hydrogen) atoms. The number of hydrogen-bond donors (Lipinski definition) is 2. The number of fused-ring (bicyclic) bond motifs is 3. The molecule has 0 bridgehead atoms. The summed E-state index contributed by atoms with van der Waals surface area (Å²) in [5, 5.41) is 19.9. The Hall–Kier alpha value is -2.56. The van der Waals surface area contributed by atoms with Crippen LogP contribution in [0.25, 0.3) is 27.5 Å². The van der Waals surface area contributed by atoms with Crippen LogP contribution in [-0.2, 0) is 0 Å². The van der Waals surface area contributed by atoms with E-state index in [2.05, 4.69) is 0 Å². The van der Waals surface area contributed by atoms with Crippen LogP contribution in [0, 0.1) is 0 Å². The van der Waals surface area contributed by atoms with Gasteiger partial charge in [-0.25, -0.2) is 0 Å². The fourth-order valence-electron chi connectivity index (χ4n) is 2.66. The summed E-state index contributed by atoms with van der Waals surface area (Å²) in [5.74, 6) is 0. The van der Waals surface area contributed by atoms with Crippen LogP contribution in [0.5, 0.6) is 0 Å². The molecule has 0 atom stereocenters. The molecule has 0 aliphatic heterocycles. The molecule has 0 saturated heterocycles. The molecule has 4 heteroatoms. The second kappa shape index (κ2) is 5.02. The Kier molecular flexibility index (Phi) is 1.87. The fraction of sp³-hybridized carbons (Fsp3) is 0. The third kappa shape index (κ3) is 1.85. The maximum Gasteiger partial charge on any atom is 0.490 e. The van der Waals surface area contributed by atoms with Crippen LogP contribution in [0.2, 0.25) is 0 Å². The molecule has 0 amide bonds. The third-order valence-electron chi connectivity index (χ3n) is 3.58. The maximum absolute atomic E-state index is 9.80. The Morgan fingerprint density at radius 2 is 1.41 bits per heavy atom. The molecular weight excluding hydrogens is 273 g/mol. The highest BCUT2D eigenvalue weighted by Gasteiger charge is 2.19. The predicted octanol–water partition coefficient (Wildman–Crippen LogP) is 2.46. The van der Waals surface area contributed by atoms with Gasteiger partial charge in [0, 0.05) is 21.9 Å². The van der Waals surface area contributed by atoms with Gasteiger partial charge in [-0.05, 0) is 18.2 Å². The van der Waals surface area contributed by atoms with Gasteiger partial charge in [0.1, 0.15) is 0 Å². The van der Waals surface area contributed by atoms with E-state index in [1.165, 1.54) is 22.8 Å². The predicted molar refractivity (Wildman–Crippen MR) is 90.6 cm³/mol. The van der Waals surface area contributed by atoms with Gasteiger partial charge >= 0.3 is 7.12 Å². The molecule has 3 nitrogen and oxygen atoms in total. The normalized spacial score (nSPS) is 15.0. The van der Waals surface area contributed by atoms with Crippen molar-refractivity contribution < 1.29 is 18.3 Å². The first-order valence-corrected chi connectivity index (χ1v) is 6.71. The van der Waals surface area contributed by atoms with E-state index >= 15 is 0 Å².